The summed E-state index contributed by atoms with van der Waals surface area (Å²) in [5.74, 6) is -0.799. The van der Waals surface area contributed by atoms with Crippen LogP contribution in [0.5, 0.6) is 0 Å². The van der Waals surface area contributed by atoms with Gasteiger partial charge in [-0.1, -0.05) is 56.2 Å². The van der Waals surface area contributed by atoms with Crippen molar-refractivity contribution in [3.05, 3.63) is 70.6 Å². The van der Waals surface area contributed by atoms with Crippen LogP contribution in [0.15, 0.2) is 64.3 Å². The fourth-order valence-electron chi connectivity index (χ4n) is 3.28. The number of rotatable bonds is 10. The Kier molecular flexibility index (Phi) is 7.57. The first-order chi connectivity index (χ1) is 14.9. The molecule has 3 rings (SSSR count). The molecule has 8 heteroatoms. The molecule has 3 aromatic rings. The highest BCUT2D eigenvalue weighted by atomic mass is 32.2. The molecule has 1 heterocycles. The number of aromatic nitrogens is 2. The van der Waals surface area contributed by atoms with Gasteiger partial charge in [-0.2, -0.15) is 5.10 Å². The summed E-state index contributed by atoms with van der Waals surface area (Å²) in [5, 5.41) is 5.10. The smallest absolute Gasteiger partial charge is 0.359 e. The Bertz CT molecular complexity index is 1200. The maximum atomic E-state index is 12.7. The van der Waals surface area contributed by atoms with Gasteiger partial charge in [-0.05, 0) is 31.0 Å². The summed E-state index contributed by atoms with van der Waals surface area (Å²) in [6.07, 6.45) is 2.91. The molecule has 0 bridgehead atoms. The molecule has 0 unspecified atom stereocenters. The number of fused-ring (bicyclic) bond motifs is 1. The van der Waals surface area contributed by atoms with E-state index in [9.17, 15) is 18.0 Å². The van der Waals surface area contributed by atoms with Crippen molar-refractivity contribution in [2.24, 2.45) is 0 Å². The molecular formula is C23H26N2O5S. The van der Waals surface area contributed by atoms with Crippen molar-refractivity contribution in [3.63, 3.8) is 0 Å². The Balaban J connectivity index is 1.71. The molecule has 0 spiro atoms. The molecule has 0 aliphatic carbocycles. The molecule has 0 fully saturated rings. The maximum Gasteiger partial charge on any atom is 0.359 e. The molecule has 2 aromatic carbocycles. The quantitative estimate of drug-likeness (QED) is 0.352. The zero-order valence-electron chi connectivity index (χ0n) is 17.5. The van der Waals surface area contributed by atoms with Crippen molar-refractivity contribution >= 4 is 26.6 Å². The van der Waals surface area contributed by atoms with E-state index in [0.717, 1.165) is 19.3 Å². The summed E-state index contributed by atoms with van der Waals surface area (Å²) in [6.45, 7) is 2.43. The fourth-order valence-corrected chi connectivity index (χ4v) is 4.58. The van der Waals surface area contributed by atoms with E-state index in [-0.39, 0.29) is 34.9 Å². The average molecular weight is 443 g/mol. The predicted molar refractivity (Wildman–Crippen MR) is 119 cm³/mol. The second-order valence-corrected chi connectivity index (χ2v) is 9.36. The molecule has 0 saturated carbocycles. The van der Waals surface area contributed by atoms with Crippen molar-refractivity contribution < 1.29 is 17.9 Å². The largest absolute Gasteiger partial charge is 0.461 e. The van der Waals surface area contributed by atoms with Gasteiger partial charge >= 0.3 is 5.97 Å². The van der Waals surface area contributed by atoms with Gasteiger partial charge in [0.2, 0.25) is 0 Å². The van der Waals surface area contributed by atoms with Crippen LogP contribution in [0, 0.1) is 0 Å². The number of ether oxygens (including phenoxy) is 1. The van der Waals surface area contributed by atoms with Crippen LogP contribution in [0.2, 0.25) is 0 Å². The second-order valence-electron chi connectivity index (χ2n) is 7.25. The third-order valence-electron chi connectivity index (χ3n) is 4.93. The molecule has 0 aliphatic rings. The van der Waals surface area contributed by atoms with Crippen LogP contribution in [0.25, 0.3) is 10.8 Å². The van der Waals surface area contributed by atoms with E-state index in [4.69, 9.17) is 4.74 Å². The normalized spacial score (nSPS) is 11.5. The van der Waals surface area contributed by atoms with E-state index >= 15 is 0 Å². The van der Waals surface area contributed by atoms with Gasteiger partial charge in [-0.15, -0.1) is 0 Å². The topological polar surface area (TPSA) is 95.3 Å². The summed E-state index contributed by atoms with van der Waals surface area (Å²) >= 11 is 0. The van der Waals surface area contributed by atoms with Crippen LogP contribution < -0.4 is 5.56 Å². The maximum absolute atomic E-state index is 12.7. The van der Waals surface area contributed by atoms with E-state index in [2.05, 4.69) is 12.0 Å². The highest BCUT2D eigenvalue weighted by molar-refractivity contribution is 7.91. The predicted octanol–water partition coefficient (Wildman–Crippen LogP) is 3.61. The molecular weight excluding hydrogens is 416 g/mol. The van der Waals surface area contributed by atoms with E-state index in [1.165, 1.54) is 4.68 Å². The van der Waals surface area contributed by atoms with Gasteiger partial charge in [0.15, 0.2) is 15.5 Å². The van der Waals surface area contributed by atoms with Gasteiger partial charge < -0.3 is 4.74 Å². The summed E-state index contributed by atoms with van der Waals surface area (Å²) in [6, 6.07) is 15.0. The van der Waals surface area contributed by atoms with Crippen LogP contribution in [0.1, 0.15) is 43.1 Å². The number of carbonyl (C=O) groups excluding carboxylic acids is 1. The average Bonchev–Trinajstić information content (AvgIpc) is 2.79. The number of aryl methyl sites for hydroxylation is 1. The fraction of sp³-hybridized carbons (Fsp3) is 0.348. The van der Waals surface area contributed by atoms with Gasteiger partial charge in [0.05, 0.1) is 22.6 Å². The number of esters is 1. The van der Waals surface area contributed by atoms with Crippen molar-refractivity contribution in [1.82, 2.24) is 9.78 Å². The summed E-state index contributed by atoms with van der Waals surface area (Å²) < 4.78 is 31.3. The van der Waals surface area contributed by atoms with E-state index < -0.39 is 15.8 Å². The van der Waals surface area contributed by atoms with Gasteiger partial charge in [0.25, 0.3) is 5.56 Å². The van der Waals surface area contributed by atoms with Gasteiger partial charge in [0, 0.05) is 11.9 Å². The summed E-state index contributed by atoms with van der Waals surface area (Å²) in [7, 11) is -3.44. The standard InChI is InChI=1S/C23H26N2O5S/c1-2-3-9-15-25-22(26)20-14-8-7-13-19(20)21(24-25)23(27)30-16-10-17-31(28,29)18-11-5-4-6-12-18/h4-8,11-14H,2-3,9-10,15-17H2,1H3. The zero-order chi connectivity index (χ0) is 22.3. The lowest BCUT2D eigenvalue weighted by Gasteiger charge is -2.11. The number of benzene rings is 2. The minimum atomic E-state index is -3.44. The van der Waals surface area contributed by atoms with E-state index in [0.29, 0.717) is 17.3 Å². The minimum absolute atomic E-state index is 0.0597. The first-order valence-electron chi connectivity index (χ1n) is 10.4. The summed E-state index contributed by atoms with van der Waals surface area (Å²) in [4.78, 5) is 25.6. The van der Waals surface area contributed by atoms with Crippen LogP contribution in [0.3, 0.4) is 0 Å². The lowest BCUT2D eigenvalue weighted by molar-refractivity contribution is 0.0498. The van der Waals surface area contributed by atoms with Crippen molar-refractivity contribution in [3.8, 4) is 0 Å². The molecule has 0 amide bonds. The lowest BCUT2D eigenvalue weighted by Crippen LogP contribution is -2.26. The van der Waals surface area contributed by atoms with Crippen LogP contribution >= 0.6 is 0 Å². The lowest BCUT2D eigenvalue weighted by atomic mass is 10.1. The molecule has 0 atom stereocenters. The SMILES string of the molecule is CCCCCn1nc(C(=O)OCCCS(=O)(=O)c2ccccc2)c2ccccc2c1=O. The Hall–Kier alpha value is -3.00. The highest BCUT2D eigenvalue weighted by Crippen LogP contribution is 2.15. The van der Waals surface area contributed by atoms with Gasteiger partial charge in [-0.3, -0.25) is 4.79 Å². The monoisotopic (exact) mass is 442 g/mol. The summed E-state index contributed by atoms with van der Waals surface area (Å²) in [5.41, 5.74) is -0.171. The van der Waals surface area contributed by atoms with E-state index in [1.54, 1.807) is 54.6 Å². The molecule has 0 saturated heterocycles. The molecule has 0 N–H and O–H groups in total. The van der Waals surface area contributed by atoms with Crippen molar-refractivity contribution in [1.29, 1.82) is 0 Å². The highest BCUT2D eigenvalue weighted by Gasteiger charge is 2.19. The Morgan fingerprint density at radius 1 is 0.968 bits per heavy atom. The number of hydrogen-bond acceptors (Lipinski definition) is 6. The van der Waals surface area contributed by atoms with Gasteiger partial charge in [0.1, 0.15) is 0 Å². The molecule has 0 radical (unpaired) electrons. The molecule has 164 valence electrons. The first kappa shape index (κ1) is 22.7. The van der Waals surface area contributed by atoms with Gasteiger partial charge in [-0.25, -0.2) is 17.9 Å². The van der Waals surface area contributed by atoms with Crippen molar-refractivity contribution in [2.75, 3.05) is 12.4 Å². The number of nitrogens with zero attached hydrogens (tertiary/aromatic N) is 2. The molecule has 1 aromatic heterocycles. The molecule has 7 nitrogen and oxygen atoms in total. The third kappa shape index (κ3) is 5.58. The Labute approximate surface area is 181 Å². The van der Waals surface area contributed by atoms with Crippen LogP contribution in [-0.4, -0.2) is 36.5 Å². The third-order valence-corrected chi connectivity index (χ3v) is 6.74. The first-order valence-corrected chi connectivity index (χ1v) is 12.0. The zero-order valence-corrected chi connectivity index (χ0v) is 18.3. The minimum Gasteiger partial charge on any atom is -0.461 e. The van der Waals surface area contributed by atoms with Crippen molar-refractivity contribution in [2.45, 2.75) is 44.0 Å². The van der Waals surface area contributed by atoms with E-state index in [1.807, 2.05) is 0 Å². The number of carbonyl (C=O) groups is 1. The Morgan fingerprint density at radius 2 is 1.65 bits per heavy atom. The number of unbranched alkanes of at least 4 members (excludes halogenated alkanes) is 2. The number of hydrogen-bond donors (Lipinski definition) is 0. The van der Waals surface area contributed by atoms with Crippen LogP contribution in [-0.2, 0) is 21.1 Å². The number of sulfone groups is 1. The second kappa shape index (κ2) is 10.3. The molecule has 0 aliphatic heterocycles. The van der Waals surface area contributed by atoms with Crippen LogP contribution in [0.4, 0.5) is 0 Å². The Morgan fingerprint density at radius 3 is 2.35 bits per heavy atom. The molecule has 31 heavy (non-hydrogen) atoms.